The summed E-state index contributed by atoms with van der Waals surface area (Å²) in [5, 5.41) is 0. The van der Waals surface area contributed by atoms with Crippen LogP contribution in [0.1, 0.15) is 20.8 Å². The van der Waals surface area contributed by atoms with Gasteiger partial charge >= 0.3 is 6.09 Å². The van der Waals surface area contributed by atoms with Gasteiger partial charge in [0.15, 0.2) is 0 Å². The van der Waals surface area contributed by atoms with Gasteiger partial charge in [-0.15, -0.1) is 0 Å². The normalized spacial score (nSPS) is 11.2. The van der Waals surface area contributed by atoms with Gasteiger partial charge in [-0.2, -0.15) is 0 Å². The molecule has 0 bridgehead atoms. The second-order valence-electron chi connectivity index (χ2n) is 4.85. The highest BCUT2D eigenvalue weighted by Crippen LogP contribution is 2.25. The maximum Gasteiger partial charge on any atom is 0.414 e. The molecule has 0 saturated heterocycles. The zero-order valence-electron chi connectivity index (χ0n) is 12.6. The molecule has 0 atom stereocenters. The molecule has 106 valence electrons. The molecular formula is C15H25N2O2+. The van der Waals surface area contributed by atoms with Crippen molar-refractivity contribution in [1.82, 2.24) is 9.38 Å². The number of hydrogen-bond acceptors (Lipinski definition) is 2. The van der Waals surface area contributed by atoms with E-state index in [1.165, 1.54) is 10.6 Å². The lowest BCUT2D eigenvalue weighted by atomic mass is 10.2. The molecule has 0 aliphatic heterocycles. The highest BCUT2D eigenvalue weighted by atomic mass is 16.6. The van der Waals surface area contributed by atoms with E-state index < -0.39 is 0 Å². The number of ether oxygens (including phenoxy) is 1. The molecule has 4 nitrogen and oxygen atoms in total. The van der Waals surface area contributed by atoms with Crippen LogP contribution in [0.4, 0.5) is 10.5 Å². The lowest BCUT2D eigenvalue weighted by Gasteiger charge is -2.35. The molecule has 0 saturated carbocycles. The Labute approximate surface area is 116 Å². The van der Waals surface area contributed by atoms with E-state index in [9.17, 15) is 4.79 Å². The highest BCUT2D eigenvalue weighted by molar-refractivity contribution is 5.70. The third-order valence-corrected chi connectivity index (χ3v) is 3.77. The third kappa shape index (κ3) is 3.47. The Morgan fingerprint density at radius 3 is 1.89 bits per heavy atom. The van der Waals surface area contributed by atoms with Crippen LogP contribution in [-0.4, -0.2) is 44.7 Å². The molecule has 0 spiro atoms. The summed E-state index contributed by atoms with van der Waals surface area (Å²) in [6.07, 6.45) is -0.352. The second kappa shape index (κ2) is 6.57. The quantitative estimate of drug-likeness (QED) is 0.766. The van der Waals surface area contributed by atoms with E-state index in [2.05, 4.69) is 32.9 Å². The monoisotopic (exact) mass is 265 g/mol. The Balaban J connectivity index is 2.89. The summed E-state index contributed by atoms with van der Waals surface area (Å²) in [5.74, 6) is 0.587. The largest absolute Gasteiger partial charge is 0.414 e. The van der Waals surface area contributed by atoms with Crippen LogP contribution < -0.4 is 9.22 Å². The van der Waals surface area contributed by atoms with Crippen LogP contribution in [-0.2, 0) is 0 Å². The van der Waals surface area contributed by atoms with Crippen molar-refractivity contribution in [2.45, 2.75) is 20.8 Å². The molecule has 19 heavy (non-hydrogen) atoms. The van der Waals surface area contributed by atoms with Crippen molar-refractivity contribution in [3.63, 3.8) is 0 Å². The number of amides is 1. The SMILES string of the molecule is CC[N+](CC)(CC)c1ccc(OC(=O)N(C)C)cc1. The Bertz CT molecular complexity index is 400. The van der Waals surface area contributed by atoms with Gasteiger partial charge in [-0.1, -0.05) is 0 Å². The van der Waals surface area contributed by atoms with Crippen LogP contribution in [0.15, 0.2) is 24.3 Å². The topological polar surface area (TPSA) is 29.5 Å². The first kappa shape index (κ1) is 15.5. The van der Waals surface area contributed by atoms with Gasteiger partial charge in [-0.25, -0.2) is 4.79 Å². The number of carbonyl (C=O) groups is 1. The van der Waals surface area contributed by atoms with Gasteiger partial charge in [0, 0.05) is 26.2 Å². The van der Waals surface area contributed by atoms with E-state index in [4.69, 9.17) is 4.74 Å². The molecule has 0 unspecified atom stereocenters. The molecule has 1 rings (SSSR count). The minimum Gasteiger partial charge on any atom is -0.410 e. The van der Waals surface area contributed by atoms with Crippen LogP contribution in [0.2, 0.25) is 0 Å². The maximum absolute atomic E-state index is 11.5. The molecular weight excluding hydrogens is 240 g/mol. The van der Waals surface area contributed by atoms with Crippen molar-refractivity contribution in [2.75, 3.05) is 33.7 Å². The molecule has 1 amide bonds. The molecule has 4 heteroatoms. The number of rotatable bonds is 5. The fourth-order valence-corrected chi connectivity index (χ4v) is 2.24. The van der Waals surface area contributed by atoms with E-state index in [0.717, 1.165) is 24.1 Å². The number of quaternary nitrogens is 1. The summed E-state index contributed by atoms with van der Waals surface area (Å²) in [6, 6.07) is 7.83. The van der Waals surface area contributed by atoms with Crippen LogP contribution in [0.3, 0.4) is 0 Å². The second-order valence-corrected chi connectivity index (χ2v) is 4.85. The molecule has 0 fully saturated rings. The summed E-state index contributed by atoms with van der Waals surface area (Å²) in [4.78, 5) is 12.9. The van der Waals surface area contributed by atoms with E-state index >= 15 is 0 Å². The molecule has 0 aromatic heterocycles. The Hall–Kier alpha value is -1.55. The van der Waals surface area contributed by atoms with Gasteiger partial charge < -0.3 is 9.64 Å². The Morgan fingerprint density at radius 1 is 1.05 bits per heavy atom. The number of nitrogens with zero attached hydrogens (tertiary/aromatic N) is 2. The number of carbonyl (C=O) groups excluding carboxylic acids is 1. The molecule has 1 aromatic carbocycles. The Morgan fingerprint density at radius 2 is 1.53 bits per heavy atom. The number of hydrogen-bond donors (Lipinski definition) is 0. The lowest BCUT2D eigenvalue weighted by molar-refractivity contribution is 0.172. The van der Waals surface area contributed by atoms with Crippen molar-refractivity contribution in [1.29, 1.82) is 0 Å². The standard InChI is InChI=1S/C15H25N2O2/c1-6-17(7-2,8-3)13-9-11-14(12-10-13)19-15(18)16(4)5/h9-12H,6-8H2,1-5H3/q+1. The van der Waals surface area contributed by atoms with Crippen molar-refractivity contribution in [3.05, 3.63) is 24.3 Å². The first-order chi connectivity index (χ1) is 8.99. The zero-order chi connectivity index (χ0) is 14.5. The van der Waals surface area contributed by atoms with E-state index in [1.807, 2.05) is 12.1 Å². The minimum absolute atomic E-state index is 0.352. The minimum atomic E-state index is -0.352. The lowest BCUT2D eigenvalue weighted by Crippen LogP contribution is -2.48. The molecule has 0 aliphatic rings. The molecule has 1 aromatic rings. The zero-order valence-corrected chi connectivity index (χ0v) is 12.6. The molecule has 0 heterocycles. The fraction of sp³-hybridized carbons (Fsp3) is 0.533. The summed E-state index contributed by atoms with van der Waals surface area (Å²) < 4.78 is 6.17. The first-order valence-corrected chi connectivity index (χ1v) is 6.85. The summed E-state index contributed by atoms with van der Waals surface area (Å²) in [7, 11) is 3.34. The van der Waals surface area contributed by atoms with Crippen molar-refractivity contribution in [2.24, 2.45) is 0 Å². The predicted molar refractivity (Wildman–Crippen MR) is 79.6 cm³/mol. The van der Waals surface area contributed by atoms with Gasteiger partial charge in [0.05, 0.1) is 19.6 Å². The van der Waals surface area contributed by atoms with Gasteiger partial charge in [-0.05, 0) is 32.9 Å². The highest BCUT2D eigenvalue weighted by Gasteiger charge is 2.24. The predicted octanol–water partition coefficient (Wildman–Crippen LogP) is 3.11. The Kier molecular flexibility index (Phi) is 5.36. The van der Waals surface area contributed by atoms with E-state index in [-0.39, 0.29) is 6.09 Å². The average Bonchev–Trinajstić information content (AvgIpc) is 2.43. The van der Waals surface area contributed by atoms with E-state index in [1.54, 1.807) is 14.1 Å². The first-order valence-electron chi connectivity index (χ1n) is 6.85. The number of benzene rings is 1. The maximum atomic E-state index is 11.5. The summed E-state index contributed by atoms with van der Waals surface area (Å²) >= 11 is 0. The van der Waals surface area contributed by atoms with Crippen LogP contribution >= 0.6 is 0 Å². The third-order valence-electron chi connectivity index (χ3n) is 3.77. The molecule has 0 aliphatic carbocycles. The smallest absolute Gasteiger partial charge is 0.410 e. The van der Waals surface area contributed by atoms with Gasteiger partial charge in [-0.3, -0.25) is 4.48 Å². The van der Waals surface area contributed by atoms with Crippen molar-refractivity contribution < 1.29 is 9.53 Å². The fourth-order valence-electron chi connectivity index (χ4n) is 2.24. The van der Waals surface area contributed by atoms with Crippen molar-refractivity contribution in [3.8, 4) is 5.75 Å². The summed E-state index contributed by atoms with van der Waals surface area (Å²) in [5.41, 5.74) is 1.26. The molecule has 0 radical (unpaired) electrons. The van der Waals surface area contributed by atoms with Crippen LogP contribution in [0, 0.1) is 0 Å². The van der Waals surface area contributed by atoms with Crippen LogP contribution in [0.5, 0.6) is 5.75 Å². The van der Waals surface area contributed by atoms with E-state index in [0.29, 0.717) is 5.75 Å². The molecule has 0 N–H and O–H groups in total. The van der Waals surface area contributed by atoms with Crippen molar-refractivity contribution >= 4 is 11.8 Å². The van der Waals surface area contributed by atoms with Gasteiger partial charge in [0.1, 0.15) is 11.4 Å². The average molecular weight is 265 g/mol. The summed E-state index contributed by atoms with van der Waals surface area (Å²) in [6.45, 7) is 9.78. The van der Waals surface area contributed by atoms with Crippen LogP contribution in [0.25, 0.3) is 0 Å². The van der Waals surface area contributed by atoms with Gasteiger partial charge in [0.2, 0.25) is 0 Å². The van der Waals surface area contributed by atoms with Gasteiger partial charge in [0.25, 0.3) is 0 Å².